The van der Waals surface area contributed by atoms with E-state index < -0.39 is 0 Å². The van der Waals surface area contributed by atoms with E-state index in [-0.39, 0.29) is 30.4 Å². The number of benzene rings is 1. The van der Waals surface area contributed by atoms with E-state index in [2.05, 4.69) is 24.5 Å². The molecule has 0 aromatic heterocycles. The zero-order valence-electron chi connectivity index (χ0n) is 11.9. The van der Waals surface area contributed by atoms with Crippen LogP contribution in [0.25, 0.3) is 0 Å². The van der Waals surface area contributed by atoms with E-state index in [1.807, 2.05) is 6.07 Å². The minimum Gasteiger partial charge on any atom is -0.343 e. The molecule has 5 heteroatoms. The maximum atomic E-state index is 12.1. The Hall–Kier alpha value is -1.88. The molecule has 2 rings (SSSR count). The number of nitrogens with zero attached hydrogens (tertiary/aromatic N) is 1. The summed E-state index contributed by atoms with van der Waals surface area (Å²) in [7, 11) is 0. The molecule has 1 aromatic rings. The minimum absolute atomic E-state index is 0.0329. The largest absolute Gasteiger partial charge is 0.343 e. The molecule has 1 aliphatic rings. The molecule has 0 saturated carbocycles. The summed E-state index contributed by atoms with van der Waals surface area (Å²) in [6, 6.07) is 9.49. The van der Waals surface area contributed by atoms with Crippen LogP contribution in [0, 0.1) is 0 Å². The fourth-order valence-corrected chi connectivity index (χ4v) is 2.49. The Balaban J connectivity index is 1.84. The van der Waals surface area contributed by atoms with E-state index in [0.717, 1.165) is 0 Å². The lowest BCUT2D eigenvalue weighted by Crippen LogP contribution is -2.57. The standard InChI is InChI=1S/C15H21N3O2/c1-11-9-18(10-12(2)17-11)14(19)8-16-15(20)13-6-4-3-5-7-13/h3-7,11-12,17H,8-10H2,1-2H3,(H,16,20). The highest BCUT2D eigenvalue weighted by molar-refractivity contribution is 5.96. The summed E-state index contributed by atoms with van der Waals surface area (Å²) in [5.74, 6) is -0.246. The molecule has 108 valence electrons. The highest BCUT2D eigenvalue weighted by Gasteiger charge is 2.24. The quantitative estimate of drug-likeness (QED) is 0.850. The smallest absolute Gasteiger partial charge is 0.251 e. The van der Waals surface area contributed by atoms with Gasteiger partial charge in [-0.05, 0) is 26.0 Å². The second-order valence-electron chi connectivity index (χ2n) is 5.32. The van der Waals surface area contributed by atoms with Gasteiger partial charge in [-0.25, -0.2) is 0 Å². The van der Waals surface area contributed by atoms with Crippen molar-refractivity contribution in [3.05, 3.63) is 35.9 Å². The third-order valence-electron chi connectivity index (χ3n) is 3.35. The molecule has 2 unspecified atom stereocenters. The van der Waals surface area contributed by atoms with Crippen LogP contribution in [-0.4, -0.2) is 48.4 Å². The first-order valence-electron chi connectivity index (χ1n) is 6.93. The molecule has 1 aromatic carbocycles. The molecular weight excluding hydrogens is 254 g/mol. The van der Waals surface area contributed by atoms with Crippen LogP contribution in [0.3, 0.4) is 0 Å². The van der Waals surface area contributed by atoms with Crippen molar-refractivity contribution in [1.29, 1.82) is 0 Å². The number of piperazine rings is 1. The molecule has 1 saturated heterocycles. The van der Waals surface area contributed by atoms with Crippen LogP contribution in [0.15, 0.2) is 30.3 Å². The van der Waals surface area contributed by atoms with E-state index in [1.165, 1.54) is 0 Å². The van der Waals surface area contributed by atoms with Gasteiger partial charge in [-0.1, -0.05) is 18.2 Å². The fourth-order valence-electron chi connectivity index (χ4n) is 2.49. The Bertz CT molecular complexity index is 465. The number of hydrogen-bond acceptors (Lipinski definition) is 3. The van der Waals surface area contributed by atoms with Crippen molar-refractivity contribution < 1.29 is 9.59 Å². The third-order valence-corrected chi connectivity index (χ3v) is 3.35. The van der Waals surface area contributed by atoms with Crippen LogP contribution in [0.2, 0.25) is 0 Å². The van der Waals surface area contributed by atoms with Gasteiger partial charge in [-0.2, -0.15) is 0 Å². The molecule has 20 heavy (non-hydrogen) atoms. The monoisotopic (exact) mass is 275 g/mol. The van der Waals surface area contributed by atoms with Crippen molar-refractivity contribution in [3.8, 4) is 0 Å². The van der Waals surface area contributed by atoms with Crippen molar-refractivity contribution in [2.75, 3.05) is 19.6 Å². The lowest BCUT2D eigenvalue weighted by atomic mass is 10.1. The lowest BCUT2D eigenvalue weighted by Gasteiger charge is -2.36. The lowest BCUT2D eigenvalue weighted by molar-refractivity contribution is -0.131. The van der Waals surface area contributed by atoms with Crippen LogP contribution in [-0.2, 0) is 4.79 Å². The maximum Gasteiger partial charge on any atom is 0.251 e. The van der Waals surface area contributed by atoms with Gasteiger partial charge in [-0.15, -0.1) is 0 Å². The van der Waals surface area contributed by atoms with Gasteiger partial charge >= 0.3 is 0 Å². The molecular formula is C15H21N3O2. The molecule has 2 atom stereocenters. The number of nitrogens with one attached hydrogen (secondary N) is 2. The van der Waals surface area contributed by atoms with Crippen molar-refractivity contribution >= 4 is 11.8 Å². The normalized spacial score (nSPS) is 22.4. The summed E-state index contributed by atoms with van der Waals surface area (Å²) < 4.78 is 0. The van der Waals surface area contributed by atoms with Crippen molar-refractivity contribution in [3.63, 3.8) is 0 Å². The zero-order valence-corrected chi connectivity index (χ0v) is 11.9. The molecule has 2 N–H and O–H groups in total. The average molecular weight is 275 g/mol. The van der Waals surface area contributed by atoms with E-state index in [1.54, 1.807) is 29.2 Å². The summed E-state index contributed by atoms with van der Waals surface area (Å²) in [5, 5.41) is 6.05. The van der Waals surface area contributed by atoms with Gasteiger partial charge in [0.25, 0.3) is 5.91 Å². The summed E-state index contributed by atoms with van der Waals surface area (Å²) in [4.78, 5) is 25.8. The first-order chi connectivity index (χ1) is 9.56. The molecule has 2 amide bonds. The molecule has 0 bridgehead atoms. The number of rotatable bonds is 3. The van der Waals surface area contributed by atoms with Gasteiger partial charge in [0.15, 0.2) is 0 Å². The van der Waals surface area contributed by atoms with Gasteiger partial charge in [0.05, 0.1) is 6.54 Å². The summed E-state index contributed by atoms with van der Waals surface area (Å²) in [5.41, 5.74) is 0.572. The number of carbonyl (C=O) groups is 2. The topological polar surface area (TPSA) is 61.4 Å². The summed E-state index contributed by atoms with van der Waals surface area (Å²) in [6.07, 6.45) is 0. The Morgan fingerprint density at radius 2 is 1.80 bits per heavy atom. The van der Waals surface area contributed by atoms with E-state index in [9.17, 15) is 9.59 Å². The van der Waals surface area contributed by atoms with Gasteiger partial charge < -0.3 is 15.5 Å². The molecule has 0 radical (unpaired) electrons. The van der Waals surface area contributed by atoms with Gasteiger partial charge in [0.2, 0.25) is 5.91 Å². The van der Waals surface area contributed by atoms with Gasteiger partial charge in [0.1, 0.15) is 0 Å². The Kier molecular flexibility index (Phi) is 4.74. The number of hydrogen-bond donors (Lipinski definition) is 2. The first-order valence-corrected chi connectivity index (χ1v) is 6.93. The highest BCUT2D eigenvalue weighted by atomic mass is 16.2. The Labute approximate surface area is 119 Å². The van der Waals surface area contributed by atoms with Crippen molar-refractivity contribution in [1.82, 2.24) is 15.5 Å². The minimum atomic E-state index is -0.213. The Morgan fingerprint density at radius 1 is 1.20 bits per heavy atom. The van der Waals surface area contributed by atoms with Crippen molar-refractivity contribution in [2.24, 2.45) is 0 Å². The van der Waals surface area contributed by atoms with Crippen LogP contribution in [0.1, 0.15) is 24.2 Å². The predicted molar refractivity (Wildman–Crippen MR) is 77.4 cm³/mol. The average Bonchev–Trinajstić information content (AvgIpc) is 2.44. The predicted octanol–water partition coefficient (Wildman–Crippen LogP) is 0.625. The SMILES string of the molecule is CC1CN(C(=O)CNC(=O)c2ccccc2)CC(C)N1. The van der Waals surface area contributed by atoms with Gasteiger partial charge in [0, 0.05) is 30.7 Å². The second-order valence-corrected chi connectivity index (χ2v) is 5.32. The first kappa shape index (κ1) is 14.5. The second kappa shape index (κ2) is 6.52. The van der Waals surface area contributed by atoms with E-state index >= 15 is 0 Å². The number of carbonyl (C=O) groups excluding carboxylic acids is 2. The zero-order chi connectivity index (χ0) is 14.5. The summed E-state index contributed by atoms with van der Waals surface area (Å²) in [6.45, 7) is 5.53. The van der Waals surface area contributed by atoms with Crippen LogP contribution in [0.5, 0.6) is 0 Å². The van der Waals surface area contributed by atoms with Crippen molar-refractivity contribution in [2.45, 2.75) is 25.9 Å². The maximum absolute atomic E-state index is 12.1. The van der Waals surface area contributed by atoms with E-state index in [0.29, 0.717) is 18.7 Å². The van der Waals surface area contributed by atoms with Crippen LogP contribution in [0.4, 0.5) is 0 Å². The third kappa shape index (κ3) is 3.81. The van der Waals surface area contributed by atoms with Crippen LogP contribution < -0.4 is 10.6 Å². The highest BCUT2D eigenvalue weighted by Crippen LogP contribution is 2.04. The molecule has 1 aliphatic heterocycles. The van der Waals surface area contributed by atoms with Crippen LogP contribution >= 0.6 is 0 Å². The fraction of sp³-hybridized carbons (Fsp3) is 0.467. The number of amides is 2. The van der Waals surface area contributed by atoms with E-state index in [4.69, 9.17) is 0 Å². The molecule has 1 heterocycles. The molecule has 0 spiro atoms. The summed E-state index contributed by atoms with van der Waals surface area (Å²) >= 11 is 0. The molecule has 5 nitrogen and oxygen atoms in total. The Morgan fingerprint density at radius 3 is 2.40 bits per heavy atom. The molecule has 0 aliphatic carbocycles. The molecule has 1 fully saturated rings. The van der Waals surface area contributed by atoms with Gasteiger partial charge in [-0.3, -0.25) is 9.59 Å².